The third kappa shape index (κ3) is 2.60. The first kappa shape index (κ1) is 12.6. The van der Waals surface area contributed by atoms with Crippen molar-refractivity contribution < 1.29 is 9.32 Å². The minimum Gasteiger partial charge on any atom is -0.334 e. The maximum absolute atomic E-state index is 11.1. The molecule has 0 fully saturated rings. The van der Waals surface area contributed by atoms with Gasteiger partial charge in [0.2, 0.25) is 11.7 Å². The number of anilines is 1. The van der Waals surface area contributed by atoms with Crippen molar-refractivity contribution in [1.82, 2.24) is 10.1 Å². The normalized spacial score (nSPS) is 10.4. The van der Waals surface area contributed by atoms with E-state index in [1.54, 1.807) is 23.5 Å². The molecule has 0 spiro atoms. The minimum absolute atomic E-state index is 0.119. The molecule has 0 atom stereocenters. The summed E-state index contributed by atoms with van der Waals surface area (Å²) in [5.74, 6) is 0.872. The predicted molar refractivity (Wildman–Crippen MR) is 77.4 cm³/mol. The Morgan fingerprint density at radius 1 is 1.30 bits per heavy atom. The highest BCUT2D eigenvalue weighted by atomic mass is 32.1. The minimum atomic E-state index is -0.119. The van der Waals surface area contributed by atoms with Gasteiger partial charge in [-0.15, -0.1) is 0 Å². The van der Waals surface area contributed by atoms with Crippen molar-refractivity contribution in [3.8, 4) is 22.8 Å². The molecule has 0 aliphatic rings. The van der Waals surface area contributed by atoms with E-state index in [1.165, 1.54) is 6.92 Å². The molecule has 2 heterocycles. The molecule has 0 aliphatic carbocycles. The zero-order valence-electron chi connectivity index (χ0n) is 10.7. The van der Waals surface area contributed by atoms with Crippen LogP contribution in [0, 0.1) is 0 Å². The molecule has 1 aromatic carbocycles. The Morgan fingerprint density at radius 2 is 2.20 bits per heavy atom. The fraction of sp³-hybridized carbons (Fsp3) is 0.0714. The number of hydrogen-bond donors (Lipinski definition) is 1. The van der Waals surface area contributed by atoms with Crippen LogP contribution in [0.15, 0.2) is 45.6 Å². The molecular formula is C14H11N3O2S. The standard InChI is InChI=1S/C14H11N3O2S/c1-9(18)15-12-4-2-3-10(7-12)14-16-13(17-19-14)11-5-6-20-8-11/h2-8H,1H3,(H,15,18). The summed E-state index contributed by atoms with van der Waals surface area (Å²) in [6.45, 7) is 1.47. The van der Waals surface area contributed by atoms with E-state index in [9.17, 15) is 4.79 Å². The molecule has 0 unspecified atom stereocenters. The number of rotatable bonds is 3. The predicted octanol–water partition coefficient (Wildman–Crippen LogP) is 3.42. The SMILES string of the molecule is CC(=O)Nc1cccc(-c2nc(-c3ccsc3)no2)c1. The number of carbonyl (C=O) groups is 1. The van der Waals surface area contributed by atoms with Crippen LogP contribution in [0.1, 0.15) is 6.92 Å². The fourth-order valence-corrected chi connectivity index (χ4v) is 2.42. The van der Waals surface area contributed by atoms with Crippen LogP contribution in [0.3, 0.4) is 0 Å². The lowest BCUT2D eigenvalue weighted by Crippen LogP contribution is -2.05. The highest BCUT2D eigenvalue weighted by molar-refractivity contribution is 7.08. The molecule has 0 saturated carbocycles. The Bertz CT molecular complexity index is 734. The molecule has 6 heteroatoms. The monoisotopic (exact) mass is 285 g/mol. The van der Waals surface area contributed by atoms with Crippen molar-refractivity contribution in [2.75, 3.05) is 5.32 Å². The summed E-state index contributed by atoms with van der Waals surface area (Å²) < 4.78 is 5.27. The molecule has 5 nitrogen and oxygen atoms in total. The molecule has 3 aromatic rings. The van der Waals surface area contributed by atoms with Gasteiger partial charge in [-0.2, -0.15) is 16.3 Å². The van der Waals surface area contributed by atoms with Crippen LogP contribution in [0.5, 0.6) is 0 Å². The molecule has 20 heavy (non-hydrogen) atoms. The van der Waals surface area contributed by atoms with Crippen molar-refractivity contribution in [3.63, 3.8) is 0 Å². The Hall–Kier alpha value is -2.47. The van der Waals surface area contributed by atoms with E-state index in [4.69, 9.17) is 4.52 Å². The van der Waals surface area contributed by atoms with E-state index in [-0.39, 0.29) is 5.91 Å². The maximum atomic E-state index is 11.1. The third-order valence-electron chi connectivity index (χ3n) is 2.64. The lowest BCUT2D eigenvalue weighted by Gasteiger charge is -2.02. The summed E-state index contributed by atoms with van der Waals surface area (Å²) in [7, 11) is 0. The van der Waals surface area contributed by atoms with Crippen LogP contribution in [0.2, 0.25) is 0 Å². The van der Waals surface area contributed by atoms with E-state index in [0.29, 0.717) is 17.4 Å². The van der Waals surface area contributed by atoms with Gasteiger partial charge in [0.25, 0.3) is 5.89 Å². The Morgan fingerprint density at radius 3 is 2.95 bits per heavy atom. The highest BCUT2D eigenvalue weighted by Crippen LogP contribution is 2.25. The number of benzene rings is 1. The van der Waals surface area contributed by atoms with Gasteiger partial charge in [0.15, 0.2) is 0 Å². The topological polar surface area (TPSA) is 68.0 Å². The van der Waals surface area contributed by atoms with Gasteiger partial charge >= 0.3 is 0 Å². The average Bonchev–Trinajstić information content (AvgIpc) is 3.09. The molecule has 2 aromatic heterocycles. The van der Waals surface area contributed by atoms with Crippen LogP contribution in [-0.2, 0) is 4.79 Å². The van der Waals surface area contributed by atoms with Crippen molar-refractivity contribution in [2.24, 2.45) is 0 Å². The van der Waals surface area contributed by atoms with Crippen LogP contribution >= 0.6 is 11.3 Å². The first-order valence-corrected chi connectivity index (χ1v) is 6.91. The Labute approximate surface area is 119 Å². The van der Waals surface area contributed by atoms with E-state index in [2.05, 4.69) is 15.5 Å². The van der Waals surface area contributed by atoms with Crippen molar-refractivity contribution in [1.29, 1.82) is 0 Å². The van der Waals surface area contributed by atoms with Crippen molar-refractivity contribution >= 4 is 22.9 Å². The van der Waals surface area contributed by atoms with Gasteiger partial charge in [-0.05, 0) is 29.6 Å². The quantitative estimate of drug-likeness (QED) is 0.800. The maximum Gasteiger partial charge on any atom is 0.258 e. The second kappa shape index (κ2) is 5.26. The van der Waals surface area contributed by atoms with E-state index < -0.39 is 0 Å². The fourth-order valence-electron chi connectivity index (χ4n) is 1.78. The van der Waals surface area contributed by atoms with E-state index in [1.807, 2.05) is 29.0 Å². The van der Waals surface area contributed by atoms with E-state index in [0.717, 1.165) is 11.1 Å². The van der Waals surface area contributed by atoms with Crippen LogP contribution < -0.4 is 5.32 Å². The zero-order chi connectivity index (χ0) is 13.9. The molecule has 0 radical (unpaired) electrons. The molecule has 100 valence electrons. The van der Waals surface area contributed by atoms with Crippen LogP contribution in [0.4, 0.5) is 5.69 Å². The number of nitrogens with zero attached hydrogens (tertiary/aromatic N) is 2. The first-order chi connectivity index (χ1) is 9.72. The van der Waals surface area contributed by atoms with Gasteiger partial charge in [-0.3, -0.25) is 4.79 Å². The van der Waals surface area contributed by atoms with Gasteiger partial charge in [0.05, 0.1) is 0 Å². The van der Waals surface area contributed by atoms with Crippen LogP contribution in [-0.4, -0.2) is 16.0 Å². The van der Waals surface area contributed by atoms with Crippen molar-refractivity contribution in [3.05, 3.63) is 41.1 Å². The van der Waals surface area contributed by atoms with E-state index >= 15 is 0 Å². The average molecular weight is 285 g/mol. The molecule has 0 saturated heterocycles. The smallest absolute Gasteiger partial charge is 0.258 e. The summed E-state index contributed by atoms with van der Waals surface area (Å²) >= 11 is 1.58. The Balaban J connectivity index is 1.91. The molecular weight excluding hydrogens is 274 g/mol. The van der Waals surface area contributed by atoms with Gasteiger partial charge < -0.3 is 9.84 Å². The number of nitrogens with one attached hydrogen (secondary N) is 1. The lowest BCUT2D eigenvalue weighted by molar-refractivity contribution is -0.114. The van der Waals surface area contributed by atoms with Gasteiger partial charge in [0, 0.05) is 29.1 Å². The third-order valence-corrected chi connectivity index (χ3v) is 3.32. The Kier molecular flexibility index (Phi) is 3.30. The number of aromatic nitrogens is 2. The number of amides is 1. The number of hydrogen-bond acceptors (Lipinski definition) is 5. The van der Waals surface area contributed by atoms with Crippen molar-refractivity contribution in [2.45, 2.75) is 6.92 Å². The number of carbonyl (C=O) groups excluding carboxylic acids is 1. The highest BCUT2D eigenvalue weighted by Gasteiger charge is 2.11. The summed E-state index contributed by atoms with van der Waals surface area (Å²) in [6, 6.07) is 9.23. The summed E-state index contributed by atoms with van der Waals surface area (Å²) in [6.07, 6.45) is 0. The molecule has 3 rings (SSSR count). The molecule has 1 N–H and O–H groups in total. The zero-order valence-corrected chi connectivity index (χ0v) is 11.5. The summed E-state index contributed by atoms with van der Waals surface area (Å²) in [5, 5.41) is 10.6. The number of thiophene rings is 1. The first-order valence-electron chi connectivity index (χ1n) is 5.97. The largest absolute Gasteiger partial charge is 0.334 e. The summed E-state index contributed by atoms with van der Waals surface area (Å²) in [4.78, 5) is 15.4. The van der Waals surface area contributed by atoms with Crippen LogP contribution in [0.25, 0.3) is 22.8 Å². The molecule has 0 aliphatic heterocycles. The second-order valence-corrected chi connectivity index (χ2v) is 4.98. The molecule has 1 amide bonds. The molecule has 0 bridgehead atoms. The summed E-state index contributed by atoms with van der Waals surface area (Å²) in [5.41, 5.74) is 2.40. The second-order valence-electron chi connectivity index (χ2n) is 4.20. The van der Waals surface area contributed by atoms with Gasteiger partial charge in [0.1, 0.15) is 0 Å². The van der Waals surface area contributed by atoms with Gasteiger partial charge in [-0.1, -0.05) is 11.2 Å². The lowest BCUT2D eigenvalue weighted by atomic mass is 10.2. The van der Waals surface area contributed by atoms with Gasteiger partial charge in [-0.25, -0.2) is 0 Å².